The van der Waals surface area contributed by atoms with Gasteiger partial charge in [0.05, 0.1) is 5.52 Å². The van der Waals surface area contributed by atoms with E-state index in [1.54, 1.807) is 4.57 Å². The Balaban J connectivity index is 2.50. The van der Waals surface area contributed by atoms with Gasteiger partial charge in [-0.3, -0.25) is 0 Å². The lowest BCUT2D eigenvalue weighted by Gasteiger charge is -2.28. The van der Waals surface area contributed by atoms with E-state index in [1.807, 2.05) is 14.1 Å². The van der Waals surface area contributed by atoms with E-state index in [4.69, 9.17) is 12.2 Å². The molecule has 1 N–H and O–H groups in total. The molecule has 0 saturated heterocycles. The topological polar surface area (TPSA) is 24.0 Å². The molecule has 6 heteroatoms. The third kappa shape index (κ3) is 3.07. The minimum atomic E-state index is -0.615. The van der Waals surface area contributed by atoms with Gasteiger partial charge < -0.3 is 14.5 Å². The zero-order chi connectivity index (χ0) is 15.1. The van der Waals surface area contributed by atoms with Gasteiger partial charge in [-0.1, -0.05) is 13.8 Å². The molecule has 0 atom stereocenters. The van der Waals surface area contributed by atoms with Crippen LogP contribution < -0.4 is 0 Å². The highest BCUT2D eigenvalue weighted by molar-refractivity contribution is 7.71. The van der Waals surface area contributed by atoms with E-state index in [0.29, 0.717) is 16.8 Å². The third-order valence-corrected chi connectivity index (χ3v) is 3.45. The van der Waals surface area contributed by atoms with Gasteiger partial charge >= 0.3 is 0 Å². The van der Waals surface area contributed by atoms with Gasteiger partial charge in [0.1, 0.15) is 11.3 Å². The highest BCUT2D eigenvalue weighted by Crippen LogP contribution is 2.25. The first-order valence-electron chi connectivity index (χ1n) is 6.42. The van der Waals surface area contributed by atoms with E-state index < -0.39 is 11.6 Å². The van der Waals surface area contributed by atoms with Crippen LogP contribution in [-0.4, -0.2) is 35.1 Å². The summed E-state index contributed by atoms with van der Waals surface area (Å²) in [5, 5.41) is 0. The summed E-state index contributed by atoms with van der Waals surface area (Å²) in [7, 11) is 3.99. The number of fused-ring (bicyclic) bond motifs is 1. The Bertz CT molecular complexity index is 686. The minimum Gasteiger partial charge on any atom is -0.328 e. The van der Waals surface area contributed by atoms with Crippen LogP contribution >= 0.6 is 12.2 Å². The van der Waals surface area contributed by atoms with Crippen molar-refractivity contribution in [2.75, 3.05) is 20.6 Å². The average Bonchev–Trinajstić information content (AvgIpc) is 2.55. The first kappa shape index (κ1) is 15.1. The first-order valence-corrected chi connectivity index (χ1v) is 6.83. The van der Waals surface area contributed by atoms with Gasteiger partial charge in [-0.25, -0.2) is 8.78 Å². The van der Waals surface area contributed by atoms with Crippen molar-refractivity contribution >= 4 is 23.3 Å². The maximum absolute atomic E-state index is 13.7. The van der Waals surface area contributed by atoms with Crippen LogP contribution in [0.5, 0.6) is 0 Å². The van der Waals surface area contributed by atoms with E-state index in [1.165, 1.54) is 6.07 Å². The predicted octanol–water partition coefficient (Wildman–Crippen LogP) is 3.56. The Morgan fingerprint density at radius 1 is 1.30 bits per heavy atom. The second-order valence-electron chi connectivity index (χ2n) is 6.20. The number of nitrogens with zero attached hydrogens (tertiary/aromatic N) is 2. The normalized spacial score (nSPS) is 12.6. The fourth-order valence-electron chi connectivity index (χ4n) is 2.67. The lowest BCUT2D eigenvalue weighted by Crippen LogP contribution is -2.32. The van der Waals surface area contributed by atoms with Gasteiger partial charge in [-0.2, -0.15) is 0 Å². The standard InChI is InChI=1S/C14H19F2N3S/c1-14(2,7-18(3)4)8-19-11-6-9(15)5-10(16)12(11)17-13(19)20/h5-6H,7-8H2,1-4H3,(H,17,20). The number of hydrogen-bond acceptors (Lipinski definition) is 2. The molecule has 0 saturated carbocycles. The fourth-order valence-corrected chi connectivity index (χ4v) is 2.94. The molecule has 0 unspecified atom stereocenters. The largest absolute Gasteiger partial charge is 0.328 e. The van der Waals surface area contributed by atoms with Crippen molar-refractivity contribution < 1.29 is 8.78 Å². The number of halogens is 2. The van der Waals surface area contributed by atoms with Gasteiger partial charge in [-0.15, -0.1) is 0 Å². The summed E-state index contributed by atoms with van der Waals surface area (Å²) in [5.74, 6) is -1.21. The fraction of sp³-hybridized carbons (Fsp3) is 0.500. The van der Waals surface area contributed by atoms with Gasteiger partial charge in [-0.05, 0) is 37.8 Å². The van der Waals surface area contributed by atoms with Gasteiger partial charge in [0, 0.05) is 19.2 Å². The minimum absolute atomic E-state index is 0.0698. The van der Waals surface area contributed by atoms with Crippen molar-refractivity contribution in [1.82, 2.24) is 14.5 Å². The number of benzene rings is 1. The van der Waals surface area contributed by atoms with Crippen LogP contribution in [0.25, 0.3) is 11.0 Å². The molecule has 0 fully saturated rings. The molecular formula is C14H19F2N3S. The maximum Gasteiger partial charge on any atom is 0.178 e. The smallest absolute Gasteiger partial charge is 0.178 e. The van der Waals surface area contributed by atoms with Gasteiger partial charge in [0.15, 0.2) is 10.6 Å². The summed E-state index contributed by atoms with van der Waals surface area (Å²) < 4.78 is 29.3. The monoisotopic (exact) mass is 299 g/mol. The van der Waals surface area contributed by atoms with E-state index in [9.17, 15) is 8.78 Å². The van der Waals surface area contributed by atoms with E-state index >= 15 is 0 Å². The Morgan fingerprint density at radius 3 is 2.55 bits per heavy atom. The van der Waals surface area contributed by atoms with E-state index in [0.717, 1.165) is 12.6 Å². The summed E-state index contributed by atoms with van der Waals surface area (Å²) in [6.45, 7) is 5.64. The second-order valence-corrected chi connectivity index (χ2v) is 6.59. The lowest BCUT2D eigenvalue weighted by molar-refractivity contribution is 0.212. The molecule has 0 radical (unpaired) electrons. The van der Waals surface area contributed by atoms with Crippen molar-refractivity contribution in [2.24, 2.45) is 5.41 Å². The molecule has 0 aliphatic rings. The molecule has 1 aromatic carbocycles. The summed E-state index contributed by atoms with van der Waals surface area (Å²) in [6, 6.07) is 2.18. The number of hydrogen-bond donors (Lipinski definition) is 1. The van der Waals surface area contributed by atoms with Gasteiger partial charge in [0.25, 0.3) is 0 Å². The number of nitrogens with one attached hydrogen (secondary N) is 1. The Morgan fingerprint density at radius 2 is 1.95 bits per heavy atom. The Labute approximate surface area is 122 Å². The molecule has 0 bridgehead atoms. The summed E-state index contributed by atoms with van der Waals surface area (Å²) in [5.41, 5.74) is 0.663. The third-order valence-electron chi connectivity index (χ3n) is 3.13. The van der Waals surface area contributed by atoms with Crippen LogP contribution in [-0.2, 0) is 6.54 Å². The number of imidazole rings is 1. The zero-order valence-electron chi connectivity index (χ0n) is 12.1. The molecule has 3 nitrogen and oxygen atoms in total. The number of aromatic amines is 1. The predicted molar refractivity (Wildman–Crippen MR) is 79.4 cm³/mol. The Kier molecular flexibility index (Phi) is 3.97. The molecule has 0 aliphatic carbocycles. The van der Waals surface area contributed by atoms with Crippen LogP contribution in [0.4, 0.5) is 8.78 Å². The molecule has 20 heavy (non-hydrogen) atoms. The van der Waals surface area contributed by atoms with Crippen LogP contribution in [0.1, 0.15) is 13.8 Å². The Hall–Kier alpha value is -1.27. The quantitative estimate of drug-likeness (QED) is 0.873. The average molecular weight is 299 g/mol. The molecule has 1 aromatic heterocycles. The SMILES string of the molecule is CN(C)CC(C)(C)Cn1c(=S)[nH]c2c(F)cc(F)cc21. The highest BCUT2D eigenvalue weighted by Gasteiger charge is 2.22. The summed E-state index contributed by atoms with van der Waals surface area (Å²) in [4.78, 5) is 4.90. The van der Waals surface area contributed by atoms with Crippen LogP contribution in [0.2, 0.25) is 0 Å². The molecule has 2 rings (SSSR count). The maximum atomic E-state index is 13.7. The second kappa shape index (κ2) is 5.26. The lowest BCUT2D eigenvalue weighted by atomic mass is 9.93. The molecule has 110 valence electrons. The highest BCUT2D eigenvalue weighted by atomic mass is 32.1. The van der Waals surface area contributed by atoms with E-state index in [-0.39, 0.29) is 10.9 Å². The number of rotatable bonds is 4. The zero-order valence-corrected chi connectivity index (χ0v) is 12.9. The molecular weight excluding hydrogens is 280 g/mol. The summed E-state index contributed by atoms with van der Waals surface area (Å²) in [6.07, 6.45) is 0. The van der Waals surface area contributed by atoms with Crippen LogP contribution in [0.15, 0.2) is 12.1 Å². The van der Waals surface area contributed by atoms with Crippen molar-refractivity contribution in [1.29, 1.82) is 0 Å². The molecule has 0 spiro atoms. The number of H-pyrrole nitrogens is 1. The molecule has 2 aromatic rings. The van der Waals surface area contributed by atoms with Crippen molar-refractivity contribution in [3.8, 4) is 0 Å². The molecule has 1 heterocycles. The molecule has 0 amide bonds. The van der Waals surface area contributed by atoms with Gasteiger partial charge in [0.2, 0.25) is 0 Å². The van der Waals surface area contributed by atoms with E-state index in [2.05, 4.69) is 23.7 Å². The van der Waals surface area contributed by atoms with Crippen molar-refractivity contribution in [2.45, 2.75) is 20.4 Å². The van der Waals surface area contributed by atoms with Crippen molar-refractivity contribution in [3.63, 3.8) is 0 Å². The first-order chi connectivity index (χ1) is 9.19. The summed E-state index contributed by atoms with van der Waals surface area (Å²) >= 11 is 5.24. The molecule has 0 aliphatic heterocycles. The van der Waals surface area contributed by atoms with Crippen LogP contribution in [0, 0.1) is 21.8 Å². The number of aromatic nitrogens is 2. The van der Waals surface area contributed by atoms with Crippen LogP contribution in [0.3, 0.4) is 0 Å². The van der Waals surface area contributed by atoms with Crippen molar-refractivity contribution in [3.05, 3.63) is 28.5 Å².